The second kappa shape index (κ2) is 14.7. The SMILES string of the molecule is CC(=O)N[C@@H](CCCCNC(=O)OCc1ccccc1)C(=O)NCCNC(=O)OC(C)(C)C. The van der Waals surface area contributed by atoms with Crippen LogP contribution in [0.5, 0.6) is 0 Å². The van der Waals surface area contributed by atoms with Crippen LogP contribution in [0, 0.1) is 0 Å². The highest BCUT2D eigenvalue weighted by molar-refractivity contribution is 5.86. The van der Waals surface area contributed by atoms with Gasteiger partial charge in [0, 0.05) is 26.6 Å². The number of benzene rings is 1. The van der Waals surface area contributed by atoms with Crippen molar-refractivity contribution in [1.82, 2.24) is 21.3 Å². The lowest BCUT2D eigenvalue weighted by atomic mass is 10.1. The van der Waals surface area contributed by atoms with E-state index < -0.39 is 23.8 Å². The summed E-state index contributed by atoms with van der Waals surface area (Å²) in [6.45, 7) is 7.60. The Balaban J connectivity index is 2.24. The molecular weight excluding hydrogens is 428 g/mol. The molecule has 0 radical (unpaired) electrons. The molecule has 0 spiro atoms. The van der Waals surface area contributed by atoms with Crippen molar-refractivity contribution in [3.8, 4) is 0 Å². The van der Waals surface area contributed by atoms with E-state index in [9.17, 15) is 19.2 Å². The molecule has 0 heterocycles. The first-order valence-electron chi connectivity index (χ1n) is 11.0. The second-order valence-corrected chi connectivity index (χ2v) is 8.46. The maximum absolute atomic E-state index is 12.4. The van der Waals surface area contributed by atoms with Crippen molar-refractivity contribution in [2.45, 2.75) is 65.2 Å². The fraction of sp³-hybridized carbons (Fsp3) is 0.565. The van der Waals surface area contributed by atoms with Crippen LogP contribution in [0.25, 0.3) is 0 Å². The molecule has 4 amide bonds. The van der Waals surface area contributed by atoms with Crippen LogP contribution in [-0.2, 0) is 25.7 Å². The third kappa shape index (κ3) is 14.4. The smallest absolute Gasteiger partial charge is 0.407 e. The van der Waals surface area contributed by atoms with E-state index in [1.807, 2.05) is 30.3 Å². The van der Waals surface area contributed by atoms with E-state index in [1.165, 1.54) is 6.92 Å². The van der Waals surface area contributed by atoms with Crippen molar-refractivity contribution < 1.29 is 28.7 Å². The minimum Gasteiger partial charge on any atom is -0.445 e. The topological polar surface area (TPSA) is 135 Å². The summed E-state index contributed by atoms with van der Waals surface area (Å²) in [6, 6.07) is 8.67. The van der Waals surface area contributed by atoms with Gasteiger partial charge in [-0.2, -0.15) is 0 Å². The van der Waals surface area contributed by atoms with Crippen LogP contribution in [0.1, 0.15) is 52.5 Å². The normalized spacial score (nSPS) is 11.6. The number of rotatable bonds is 12. The van der Waals surface area contributed by atoms with Gasteiger partial charge in [-0.3, -0.25) is 9.59 Å². The van der Waals surface area contributed by atoms with Crippen LogP contribution in [0.4, 0.5) is 9.59 Å². The number of hydrogen-bond acceptors (Lipinski definition) is 6. The van der Waals surface area contributed by atoms with Gasteiger partial charge >= 0.3 is 12.2 Å². The molecule has 0 fully saturated rings. The first-order chi connectivity index (χ1) is 15.6. The zero-order chi connectivity index (χ0) is 24.7. The lowest BCUT2D eigenvalue weighted by Crippen LogP contribution is -2.48. The average Bonchev–Trinajstić information content (AvgIpc) is 2.73. The van der Waals surface area contributed by atoms with Crippen molar-refractivity contribution in [2.75, 3.05) is 19.6 Å². The molecule has 1 aromatic carbocycles. The van der Waals surface area contributed by atoms with Gasteiger partial charge in [0.15, 0.2) is 0 Å². The molecule has 0 aliphatic rings. The van der Waals surface area contributed by atoms with E-state index in [2.05, 4.69) is 21.3 Å². The predicted octanol–water partition coefficient (Wildman–Crippen LogP) is 2.23. The summed E-state index contributed by atoms with van der Waals surface area (Å²) in [6.07, 6.45) is 0.556. The Bertz CT molecular complexity index is 764. The van der Waals surface area contributed by atoms with Crippen LogP contribution in [0.2, 0.25) is 0 Å². The molecule has 1 aromatic rings. The minimum atomic E-state index is -0.700. The average molecular weight is 465 g/mol. The van der Waals surface area contributed by atoms with Crippen molar-refractivity contribution in [1.29, 1.82) is 0 Å². The van der Waals surface area contributed by atoms with Gasteiger partial charge in [-0.25, -0.2) is 9.59 Å². The summed E-state index contributed by atoms with van der Waals surface area (Å²) < 4.78 is 10.3. The molecule has 0 aromatic heterocycles. The second-order valence-electron chi connectivity index (χ2n) is 8.46. The van der Waals surface area contributed by atoms with Gasteiger partial charge in [-0.1, -0.05) is 30.3 Å². The first kappa shape index (κ1) is 27.7. The zero-order valence-corrected chi connectivity index (χ0v) is 19.9. The number of ether oxygens (including phenoxy) is 2. The Kier molecular flexibility index (Phi) is 12.4. The molecule has 1 rings (SSSR count). The zero-order valence-electron chi connectivity index (χ0n) is 19.9. The fourth-order valence-corrected chi connectivity index (χ4v) is 2.74. The van der Waals surface area contributed by atoms with Gasteiger partial charge in [0.05, 0.1) is 0 Å². The van der Waals surface area contributed by atoms with Crippen LogP contribution >= 0.6 is 0 Å². The lowest BCUT2D eigenvalue weighted by molar-refractivity contribution is -0.128. The van der Waals surface area contributed by atoms with Gasteiger partial charge in [0.25, 0.3) is 0 Å². The molecule has 1 atom stereocenters. The fourth-order valence-electron chi connectivity index (χ4n) is 2.74. The third-order valence-electron chi connectivity index (χ3n) is 4.19. The summed E-state index contributed by atoms with van der Waals surface area (Å²) in [5.74, 6) is -0.656. The maximum atomic E-state index is 12.4. The highest BCUT2D eigenvalue weighted by Crippen LogP contribution is 2.06. The standard InChI is InChI=1S/C23H36N4O6/c1-17(28)27-19(20(29)24-14-15-26-22(31)33-23(2,3)4)12-8-9-13-25-21(30)32-16-18-10-6-5-7-11-18/h5-7,10-11,19H,8-9,12-16H2,1-4H3,(H,24,29)(H,25,30)(H,26,31)(H,27,28)/t19-/m0/s1. The quantitative estimate of drug-likeness (QED) is 0.350. The van der Waals surface area contributed by atoms with Gasteiger partial charge in [-0.15, -0.1) is 0 Å². The van der Waals surface area contributed by atoms with E-state index in [0.717, 1.165) is 5.56 Å². The Morgan fingerprint density at radius 1 is 0.879 bits per heavy atom. The van der Waals surface area contributed by atoms with Crippen LogP contribution in [0.3, 0.4) is 0 Å². The molecule has 0 saturated carbocycles. The van der Waals surface area contributed by atoms with Gasteiger partial charge < -0.3 is 30.7 Å². The summed E-state index contributed by atoms with van der Waals surface area (Å²) in [5.41, 5.74) is 0.301. The van der Waals surface area contributed by atoms with Crippen LogP contribution in [0.15, 0.2) is 30.3 Å². The molecular formula is C23H36N4O6. The molecule has 184 valence electrons. The summed E-state index contributed by atoms with van der Waals surface area (Å²) >= 11 is 0. The number of carbonyl (C=O) groups excluding carboxylic acids is 4. The Morgan fingerprint density at radius 2 is 1.52 bits per heavy atom. The molecule has 0 bridgehead atoms. The molecule has 0 aliphatic heterocycles. The highest BCUT2D eigenvalue weighted by atomic mass is 16.6. The minimum absolute atomic E-state index is 0.195. The molecule has 10 nitrogen and oxygen atoms in total. The largest absolute Gasteiger partial charge is 0.445 e. The van der Waals surface area contributed by atoms with E-state index in [1.54, 1.807) is 20.8 Å². The van der Waals surface area contributed by atoms with E-state index in [-0.39, 0.29) is 31.5 Å². The van der Waals surface area contributed by atoms with Crippen molar-refractivity contribution in [3.05, 3.63) is 35.9 Å². The van der Waals surface area contributed by atoms with Gasteiger partial charge in [0.2, 0.25) is 11.8 Å². The number of hydrogen-bond donors (Lipinski definition) is 4. The number of carbonyl (C=O) groups is 4. The van der Waals surface area contributed by atoms with Gasteiger partial charge in [-0.05, 0) is 45.6 Å². The Labute approximate surface area is 195 Å². The van der Waals surface area contributed by atoms with Crippen LogP contribution < -0.4 is 21.3 Å². The first-order valence-corrected chi connectivity index (χ1v) is 11.0. The van der Waals surface area contributed by atoms with E-state index in [0.29, 0.717) is 25.8 Å². The maximum Gasteiger partial charge on any atom is 0.407 e. The van der Waals surface area contributed by atoms with Crippen molar-refractivity contribution in [3.63, 3.8) is 0 Å². The predicted molar refractivity (Wildman–Crippen MR) is 123 cm³/mol. The monoisotopic (exact) mass is 464 g/mol. The molecule has 4 N–H and O–H groups in total. The Hall–Kier alpha value is -3.30. The molecule has 0 unspecified atom stereocenters. The molecule has 10 heteroatoms. The van der Waals surface area contributed by atoms with E-state index >= 15 is 0 Å². The molecule has 0 saturated heterocycles. The highest BCUT2D eigenvalue weighted by Gasteiger charge is 2.19. The third-order valence-corrected chi connectivity index (χ3v) is 4.19. The number of unbranched alkanes of at least 4 members (excludes halogenated alkanes) is 1. The molecule has 33 heavy (non-hydrogen) atoms. The number of alkyl carbamates (subject to hydrolysis) is 2. The summed E-state index contributed by atoms with van der Waals surface area (Å²) in [5, 5.41) is 10.5. The molecule has 0 aliphatic carbocycles. The van der Waals surface area contributed by atoms with Gasteiger partial charge in [0.1, 0.15) is 18.2 Å². The summed E-state index contributed by atoms with van der Waals surface area (Å²) in [7, 11) is 0. The van der Waals surface area contributed by atoms with Crippen molar-refractivity contribution in [2.24, 2.45) is 0 Å². The van der Waals surface area contributed by atoms with Crippen LogP contribution in [-0.4, -0.2) is 55.3 Å². The lowest BCUT2D eigenvalue weighted by Gasteiger charge is -2.20. The number of amides is 4. The van der Waals surface area contributed by atoms with E-state index in [4.69, 9.17) is 9.47 Å². The Morgan fingerprint density at radius 3 is 2.15 bits per heavy atom. The summed E-state index contributed by atoms with van der Waals surface area (Å²) in [4.78, 5) is 47.2. The van der Waals surface area contributed by atoms with Crippen molar-refractivity contribution >= 4 is 24.0 Å². The number of nitrogens with one attached hydrogen (secondary N) is 4.